The minimum atomic E-state index is -3.98. The molecule has 1 N–H and O–H groups in total. The molecule has 2 aromatic carbocycles. The number of piperidine rings is 1. The van der Waals surface area contributed by atoms with Gasteiger partial charge < -0.3 is 14.2 Å². The fraction of sp³-hybridized carbons (Fsp3) is 0.400. The lowest BCUT2D eigenvalue weighted by Gasteiger charge is -2.34. The Labute approximate surface area is 258 Å². The Morgan fingerprint density at radius 1 is 1.00 bits per heavy atom. The number of aromatic nitrogens is 1. The molecule has 2 fully saturated rings. The van der Waals surface area contributed by atoms with Gasteiger partial charge in [-0.3, -0.25) is 4.79 Å². The number of alkyl halides is 2. The molecule has 0 radical (unpaired) electrons. The Morgan fingerprint density at radius 3 is 2.40 bits per heavy atom. The van der Waals surface area contributed by atoms with Crippen molar-refractivity contribution < 1.29 is 41.2 Å². The highest BCUT2D eigenvalue weighted by molar-refractivity contribution is 7.89. The summed E-state index contributed by atoms with van der Waals surface area (Å²) in [5.74, 6) is -0.483. The third-order valence-electron chi connectivity index (χ3n) is 7.45. The molecule has 8 nitrogen and oxygen atoms in total. The topological polar surface area (TPSA) is 96.3 Å². The molecule has 1 aliphatic carbocycles. The molecule has 43 heavy (non-hydrogen) atoms. The molecule has 2 aliphatic rings. The molecule has 2 atom stereocenters. The largest absolute Gasteiger partial charge is 0.489 e. The van der Waals surface area contributed by atoms with Crippen molar-refractivity contribution in [3.63, 3.8) is 0 Å². The number of nitrogens with zero attached hydrogens (tertiary/aromatic N) is 1. The highest BCUT2D eigenvalue weighted by atomic mass is 35.5. The number of hydrogen-bond acceptors (Lipinski definition) is 6. The molecule has 1 saturated heterocycles. The molecule has 0 bridgehead atoms. The second kappa shape index (κ2) is 13.8. The lowest BCUT2D eigenvalue weighted by Crippen LogP contribution is -2.48. The van der Waals surface area contributed by atoms with E-state index in [4.69, 9.17) is 32.7 Å². The molecule has 0 unspecified atom stereocenters. The van der Waals surface area contributed by atoms with Gasteiger partial charge in [0.05, 0.1) is 11.5 Å². The predicted octanol–water partition coefficient (Wildman–Crippen LogP) is 6.27. The first-order valence-electron chi connectivity index (χ1n) is 14.0. The van der Waals surface area contributed by atoms with Crippen molar-refractivity contribution in [2.24, 2.45) is 5.92 Å². The zero-order chi connectivity index (χ0) is 30.6. The minimum Gasteiger partial charge on any atom is -0.489 e. The van der Waals surface area contributed by atoms with Gasteiger partial charge in [-0.2, -0.15) is 13.1 Å². The summed E-state index contributed by atoms with van der Waals surface area (Å²) >= 11 is 12.9. The third-order valence-corrected chi connectivity index (χ3v) is 10.0. The van der Waals surface area contributed by atoms with Gasteiger partial charge in [0.1, 0.15) is 22.2 Å². The lowest BCUT2D eigenvalue weighted by atomic mass is 10.0. The molecule has 1 saturated carbocycles. The quantitative estimate of drug-likeness (QED) is 0.214. The van der Waals surface area contributed by atoms with E-state index < -0.39 is 34.7 Å². The van der Waals surface area contributed by atoms with Crippen LogP contribution in [0, 0.1) is 5.92 Å². The molecular weight excluding hydrogens is 625 g/mol. The van der Waals surface area contributed by atoms with Crippen molar-refractivity contribution in [1.29, 1.82) is 0 Å². The van der Waals surface area contributed by atoms with Gasteiger partial charge in [-0.1, -0.05) is 47.5 Å². The summed E-state index contributed by atoms with van der Waals surface area (Å²) in [5.41, 5.74) is 0.889. The van der Waals surface area contributed by atoms with Crippen LogP contribution in [-0.4, -0.2) is 44.5 Å². The van der Waals surface area contributed by atoms with Crippen molar-refractivity contribution >= 4 is 39.2 Å². The van der Waals surface area contributed by atoms with Crippen LogP contribution in [0.1, 0.15) is 49.3 Å². The van der Waals surface area contributed by atoms with E-state index in [1.54, 1.807) is 18.2 Å². The van der Waals surface area contributed by atoms with E-state index in [2.05, 4.69) is 9.72 Å². The van der Waals surface area contributed by atoms with Gasteiger partial charge in [-0.25, -0.2) is 13.4 Å². The molecule has 13 heteroatoms. The normalized spacial score (nSPS) is 18.3. The van der Waals surface area contributed by atoms with Crippen molar-refractivity contribution in [2.45, 2.75) is 62.2 Å². The molecule has 0 spiro atoms. The number of carbonyl (C=O) groups is 1. The summed E-state index contributed by atoms with van der Waals surface area (Å²) < 4.78 is 71.1. The van der Waals surface area contributed by atoms with E-state index in [0.717, 1.165) is 12.8 Å². The van der Waals surface area contributed by atoms with Crippen LogP contribution >= 0.6 is 23.2 Å². The van der Waals surface area contributed by atoms with E-state index in [1.165, 1.54) is 47.0 Å². The van der Waals surface area contributed by atoms with Crippen molar-refractivity contribution in [3.8, 4) is 11.5 Å². The number of hydrogen-bond donors (Lipinski definition) is 0. The first-order chi connectivity index (χ1) is 20.6. The summed E-state index contributed by atoms with van der Waals surface area (Å²) in [6, 6.07) is 11.2. The number of ether oxygens (including phenoxy) is 3. The molecule has 5 rings (SSSR count). The second-order valence-corrected chi connectivity index (χ2v) is 13.2. The summed E-state index contributed by atoms with van der Waals surface area (Å²) in [6.07, 6.45) is 5.53. The highest BCUT2D eigenvalue weighted by Crippen LogP contribution is 2.38. The maximum atomic E-state index is 13.8. The van der Waals surface area contributed by atoms with Crippen molar-refractivity contribution in [2.75, 3.05) is 13.2 Å². The average molecular weight is 657 g/mol. The molecule has 0 amide bonds. The van der Waals surface area contributed by atoms with Gasteiger partial charge in [0.25, 0.3) is 0 Å². The van der Waals surface area contributed by atoms with Crippen LogP contribution in [0.25, 0.3) is 0 Å². The van der Waals surface area contributed by atoms with Crippen LogP contribution in [0.15, 0.2) is 65.8 Å². The summed E-state index contributed by atoms with van der Waals surface area (Å²) in [6.45, 7) is -2.58. The summed E-state index contributed by atoms with van der Waals surface area (Å²) in [5, 5.41) is 0.588. The van der Waals surface area contributed by atoms with Gasteiger partial charge in [0, 0.05) is 18.5 Å². The van der Waals surface area contributed by atoms with Gasteiger partial charge in [0.2, 0.25) is 10.0 Å². The van der Waals surface area contributed by atoms with Crippen LogP contribution < -0.4 is 14.5 Å². The van der Waals surface area contributed by atoms with E-state index in [9.17, 15) is 22.0 Å². The van der Waals surface area contributed by atoms with E-state index >= 15 is 0 Å². The average Bonchev–Trinajstić information content (AvgIpc) is 3.83. The minimum absolute atomic E-state index is 0.0212. The molecular formula is C30H31Cl2F2N2O6S+. The van der Waals surface area contributed by atoms with E-state index in [-0.39, 0.29) is 35.8 Å². The van der Waals surface area contributed by atoms with Gasteiger partial charge >= 0.3 is 12.6 Å². The molecule has 1 aliphatic heterocycles. The van der Waals surface area contributed by atoms with Crippen molar-refractivity contribution in [3.05, 3.63) is 82.1 Å². The fourth-order valence-electron chi connectivity index (χ4n) is 4.98. The Morgan fingerprint density at radius 2 is 1.72 bits per heavy atom. The molecule has 3 aromatic rings. The van der Waals surface area contributed by atoms with Crippen LogP contribution in [-0.2, 0) is 26.0 Å². The number of rotatable bonds is 12. The number of aromatic amines is 1. The van der Waals surface area contributed by atoms with Crippen LogP contribution in [0.5, 0.6) is 11.5 Å². The SMILES string of the molecule is O=C(O[C@@H](Cc1c(Cl)c[nH+]cc1Cl)c1ccc(OC(F)F)c(OCC2CC2)c1)[C@@H]1CCCCN1S(=O)(=O)c1ccccc1. The number of esters is 1. The first-order valence-corrected chi connectivity index (χ1v) is 16.2. The molecule has 1 aromatic heterocycles. The van der Waals surface area contributed by atoms with Crippen LogP contribution in [0.4, 0.5) is 8.78 Å². The monoisotopic (exact) mass is 655 g/mol. The Balaban J connectivity index is 1.47. The second-order valence-electron chi connectivity index (χ2n) is 10.5. The number of H-pyrrole nitrogens is 1. The standard InChI is InChI=1S/C30H30Cl2F2N2O6S/c31-23-16-35-17-24(32)22(23)15-27(20-11-12-26(42-30(33)34)28(14-20)40-18-19-9-10-19)41-29(37)25-8-4-5-13-36(25)43(38,39)21-6-2-1-3-7-21/h1-3,6-7,11-12,14,16-17,19,25,27,30H,4-5,8-10,13,15,18H2/p+1/t25-,27-/m0/s1. The van der Waals surface area contributed by atoms with E-state index in [0.29, 0.717) is 46.5 Å². The number of halogens is 4. The van der Waals surface area contributed by atoms with Crippen molar-refractivity contribution in [1.82, 2.24) is 4.31 Å². The summed E-state index contributed by atoms with van der Waals surface area (Å²) in [4.78, 5) is 16.7. The smallest absolute Gasteiger partial charge is 0.387 e. The molecule has 230 valence electrons. The van der Waals surface area contributed by atoms with Gasteiger partial charge in [-0.15, -0.1) is 0 Å². The fourth-order valence-corrected chi connectivity index (χ4v) is 7.18. The lowest BCUT2D eigenvalue weighted by molar-refractivity contribution is -0.377. The maximum Gasteiger partial charge on any atom is 0.387 e. The number of pyridine rings is 1. The first kappa shape index (κ1) is 31.4. The summed E-state index contributed by atoms with van der Waals surface area (Å²) in [7, 11) is -3.98. The number of benzene rings is 2. The predicted molar refractivity (Wildman–Crippen MR) is 155 cm³/mol. The maximum absolute atomic E-state index is 13.8. The third kappa shape index (κ3) is 7.75. The highest BCUT2D eigenvalue weighted by Gasteiger charge is 2.40. The Kier molecular flexibility index (Phi) is 10.1. The number of sulfonamides is 1. The van der Waals surface area contributed by atoms with E-state index in [1.807, 2.05) is 0 Å². The Hall–Kier alpha value is -2.99. The Bertz CT molecular complexity index is 1520. The number of nitrogens with one attached hydrogen (secondary N) is 1. The van der Waals surface area contributed by atoms with Gasteiger partial charge in [0.15, 0.2) is 23.9 Å². The molecule has 2 heterocycles. The van der Waals surface area contributed by atoms with Gasteiger partial charge in [-0.05, 0) is 67.9 Å². The van der Waals surface area contributed by atoms with Crippen LogP contribution in [0.3, 0.4) is 0 Å². The zero-order valence-electron chi connectivity index (χ0n) is 23.1. The van der Waals surface area contributed by atoms with Crippen LogP contribution in [0.2, 0.25) is 10.0 Å². The zero-order valence-corrected chi connectivity index (χ0v) is 25.4. The number of carbonyl (C=O) groups excluding carboxylic acids is 1.